The van der Waals surface area contributed by atoms with E-state index in [1.165, 1.54) is 0 Å². The van der Waals surface area contributed by atoms with Crippen molar-refractivity contribution in [3.63, 3.8) is 0 Å². The average Bonchev–Trinajstić information content (AvgIpc) is 2.97. The van der Waals surface area contributed by atoms with Crippen LogP contribution in [0.1, 0.15) is 15.9 Å². The molecule has 0 atom stereocenters. The van der Waals surface area contributed by atoms with Crippen LogP contribution in [0.3, 0.4) is 0 Å². The third-order valence-electron chi connectivity index (χ3n) is 2.99. The van der Waals surface area contributed by atoms with Crippen molar-refractivity contribution in [1.29, 1.82) is 0 Å². The van der Waals surface area contributed by atoms with Gasteiger partial charge in [-0.05, 0) is 34.5 Å². The number of nitrogens with one attached hydrogen (secondary N) is 1. The molecule has 2 heterocycles. The highest BCUT2D eigenvalue weighted by molar-refractivity contribution is 7.07. The minimum Gasteiger partial charge on any atom is -0.478 e. The van der Waals surface area contributed by atoms with Crippen LogP contribution in [0.15, 0.2) is 47.2 Å². The molecule has 0 saturated carbocycles. The summed E-state index contributed by atoms with van der Waals surface area (Å²) < 4.78 is 0. The molecule has 5 heteroatoms. The molecular formula is C15H12N2O2S. The van der Waals surface area contributed by atoms with Crippen LogP contribution in [-0.4, -0.2) is 16.1 Å². The molecular weight excluding hydrogens is 272 g/mol. The first-order valence-electron chi connectivity index (χ1n) is 6.12. The van der Waals surface area contributed by atoms with Gasteiger partial charge in [-0.15, -0.1) is 0 Å². The number of hydrogen-bond acceptors (Lipinski definition) is 4. The number of para-hydroxylation sites is 1. The van der Waals surface area contributed by atoms with Crippen molar-refractivity contribution >= 4 is 34.0 Å². The van der Waals surface area contributed by atoms with Gasteiger partial charge in [0.1, 0.15) is 11.4 Å². The number of aromatic carboxylic acids is 1. The Labute approximate surface area is 119 Å². The van der Waals surface area contributed by atoms with E-state index < -0.39 is 5.97 Å². The Kier molecular flexibility index (Phi) is 3.35. The van der Waals surface area contributed by atoms with Gasteiger partial charge in [0.2, 0.25) is 0 Å². The lowest BCUT2D eigenvalue weighted by atomic mass is 10.1. The van der Waals surface area contributed by atoms with E-state index in [2.05, 4.69) is 10.3 Å². The monoisotopic (exact) mass is 284 g/mol. The molecule has 0 fully saturated rings. The molecule has 0 spiro atoms. The number of pyridine rings is 1. The molecule has 3 rings (SSSR count). The first kappa shape index (κ1) is 12.6. The fraction of sp³-hybridized carbons (Fsp3) is 0.0667. The SMILES string of the molecule is O=C(O)c1cc2ccccc2nc1NCc1ccsc1. The topological polar surface area (TPSA) is 62.2 Å². The van der Waals surface area contributed by atoms with Crippen molar-refractivity contribution in [3.8, 4) is 0 Å². The number of aromatic nitrogens is 1. The quantitative estimate of drug-likeness (QED) is 0.768. The van der Waals surface area contributed by atoms with E-state index in [0.717, 1.165) is 16.5 Å². The molecule has 2 aromatic heterocycles. The van der Waals surface area contributed by atoms with Gasteiger partial charge < -0.3 is 10.4 Å². The molecule has 3 aromatic rings. The van der Waals surface area contributed by atoms with Crippen LogP contribution >= 0.6 is 11.3 Å². The van der Waals surface area contributed by atoms with Gasteiger partial charge in [0.15, 0.2) is 0 Å². The van der Waals surface area contributed by atoms with E-state index in [0.29, 0.717) is 12.4 Å². The Balaban J connectivity index is 1.98. The number of nitrogens with zero attached hydrogens (tertiary/aromatic N) is 1. The van der Waals surface area contributed by atoms with Gasteiger partial charge in [-0.3, -0.25) is 0 Å². The van der Waals surface area contributed by atoms with E-state index in [4.69, 9.17) is 0 Å². The number of carbonyl (C=O) groups is 1. The lowest BCUT2D eigenvalue weighted by Crippen LogP contribution is -2.08. The molecule has 0 radical (unpaired) electrons. The van der Waals surface area contributed by atoms with Gasteiger partial charge in [0.05, 0.1) is 5.52 Å². The minimum atomic E-state index is -0.976. The van der Waals surface area contributed by atoms with Crippen LogP contribution < -0.4 is 5.32 Å². The first-order valence-corrected chi connectivity index (χ1v) is 7.06. The number of fused-ring (bicyclic) bond motifs is 1. The van der Waals surface area contributed by atoms with Gasteiger partial charge in [-0.2, -0.15) is 11.3 Å². The highest BCUT2D eigenvalue weighted by Gasteiger charge is 2.13. The molecule has 1 aromatic carbocycles. The number of anilines is 1. The Morgan fingerprint density at radius 2 is 2.15 bits per heavy atom. The number of hydrogen-bond donors (Lipinski definition) is 2. The molecule has 0 saturated heterocycles. The predicted molar refractivity (Wildman–Crippen MR) is 80.3 cm³/mol. The van der Waals surface area contributed by atoms with Crippen molar-refractivity contribution in [2.45, 2.75) is 6.54 Å². The molecule has 0 aliphatic carbocycles. The van der Waals surface area contributed by atoms with Crippen LogP contribution in [0.5, 0.6) is 0 Å². The summed E-state index contributed by atoms with van der Waals surface area (Å²) in [5.41, 5.74) is 2.09. The number of thiophene rings is 1. The smallest absolute Gasteiger partial charge is 0.339 e. The van der Waals surface area contributed by atoms with Gasteiger partial charge in [-0.1, -0.05) is 18.2 Å². The maximum atomic E-state index is 11.3. The third-order valence-corrected chi connectivity index (χ3v) is 3.73. The van der Waals surface area contributed by atoms with Gasteiger partial charge in [0, 0.05) is 11.9 Å². The predicted octanol–water partition coefficient (Wildman–Crippen LogP) is 3.61. The number of carboxylic acid groups (broad SMARTS) is 1. The zero-order chi connectivity index (χ0) is 13.9. The van der Waals surface area contributed by atoms with Crippen LogP contribution in [0, 0.1) is 0 Å². The standard InChI is InChI=1S/C15H12N2O2S/c18-15(19)12-7-11-3-1-2-4-13(11)17-14(12)16-8-10-5-6-20-9-10/h1-7,9H,8H2,(H,16,17)(H,18,19). The van der Waals surface area contributed by atoms with Gasteiger partial charge in [-0.25, -0.2) is 9.78 Å². The summed E-state index contributed by atoms with van der Waals surface area (Å²) in [5.74, 6) is -0.571. The molecule has 0 aliphatic heterocycles. The van der Waals surface area contributed by atoms with E-state index in [1.54, 1.807) is 17.4 Å². The molecule has 0 amide bonds. The molecule has 20 heavy (non-hydrogen) atoms. The van der Waals surface area contributed by atoms with Crippen molar-refractivity contribution in [3.05, 3.63) is 58.3 Å². The molecule has 2 N–H and O–H groups in total. The molecule has 100 valence electrons. The lowest BCUT2D eigenvalue weighted by molar-refractivity contribution is 0.0697. The van der Waals surface area contributed by atoms with Crippen molar-refractivity contribution in [2.75, 3.05) is 5.32 Å². The Morgan fingerprint density at radius 1 is 1.30 bits per heavy atom. The highest BCUT2D eigenvalue weighted by Crippen LogP contribution is 2.21. The van der Waals surface area contributed by atoms with Crippen LogP contribution in [0.4, 0.5) is 5.82 Å². The summed E-state index contributed by atoms with van der Waals surface area (Å²) in [4.78, 5) is 15.8. The summed E-state index contributed by atoms with van der Waals surface area (Å²) in [6.07, 6.45) is 0. The Bertz CT molecular complexity index is 754. The molecule has 4 nitrogen and oxygen atoms in total. The van der Waals surface area contributed by atoms with E-state index in [-0.39, 0.29) is 5.56 Å². The maximum Gasteiger partial charge on any atom is 0.339 e. The molecule has 0 aliphatic rings. The molecule has 0 unspecified atom stereocenters. The largest absolute Gasteiger partial charge is 0.478 e. The zero-order valence-corrected chi connectivity index (χ0v) is 11.4. The van der Waals surface area contributed by atoms with E-state index in [9.17, 15) is 9.90 Å². The average molecular weight is 284 g/mol. The van der Waals surface area contributed by atoms with Crippen LogP contribution in [0.25, 0.3) is 10.9 Å². The Hall–Kier alpha value is -2.40. The summed E-state index contributed by atoms with van der Waals surface area (Å²) in [6, 6.07) is 11.1. The maximum absolute atomic E-state index is 11.3. The minimum absolute atomic E-state index is 0.193. The van der Waals surface area contributed by atoms with Crippen molar-refractivity contribution in [2.24, 2.45) is 0 Å². The second-order valence-corrected chi connectivity index (χ2v) is 5.15. The zero-order valence-electron chi connectivity index (χ0n) is 10.5. The fourth-order valence-corrected chi connectivity index (χ4v) is 2.66. The number of rotatable bonds is 4. The third kappa shape index (κ3) is 2.48. The summed E-state index contributed by atoms with van der Waals surface area (Å²) in [5, 5.41) is 17.2. The van der Waals surface area contributed by atoms with E-state index in [1.807, 2.05) is 41.1 Å². The van der Waals surface area contributed by atoms with Crippen molar-refractivity contribution in [1.82, 2.24) is 4.98 Å². The van der Waals surface area contributed by atoms with Gasteiger partial charge >= 0.3 is 5.97 Å². The highest BCUT2D eigenvalue weighted by atomic mass is 32.1. The second-order valence-electron chi connectivity index (χ2n) is 4.37. The summed E-state index contributed by atoms with van der Waals surface area (Å²) >= 11 is 1.61. The summed E-state index contributed by atoms with van der Waals surface area (Å²) in [7, 11) is 0. The second kappa shape index (κ2) is 5.30. The molecule has 0 bridgehead atoms. The summed E-state index contributed by atoms with van der Waals surface area (Å²) in [6.45, 7) is 0.565. The Morgan fingerprint density at radius 3 is 2.90 bits per heavy atom. The van der Waals surface area contributed by atoms with Gasteiger partial charge in [0.25, 0.3) is 0 Å². The normalized spacial score (nSPS) is 10.6. The van der Waals surface area contributed by atoms with Crippen molar-refractivity contribution < 1.29 is 9.90 Å². The van der Waals surface area contributed by atoms with E-state index >= 15 is 0 Å². The van der Waals surface area contributed by atoms with Crippen LogP contribution in [-0.2, 0) is 6.54 Å². The first-order chi connectivity index (χ1) is 9.74. The fourth-order valence-electron chi connectivity index (χ4n) is 1.99. The lowest BCUT2D eigenvalue weighted by Gasteiger charge is -2.09. The van der Waals surface area contributed by atoms with Crippen LogP contribution in [0.2, 0.25) is 0 Å². The number of benzene rings is 1. The number of carboxylic acids is 1.